The van der Waals surface area contributed by atoms with Crippen molar-refractivity contribution in [1.82, 2.24) is 9.88 Å². The van der Waals surface area contributed by atoms with Crippen LogP contribution in [0, 0.1) is 0 Å². The molecule has 0 spiro atoms. The third kappa shape index (κ3) is 5.32. The third-order valence-electron chi connectivity index (χ3n) is 4.94. The first-order chi connectivity index (χ1) is 14.1. The van der Waals surface area contributed by atoms with E-state index < -0.39 is 0 Å². The second kappa shape index (κ2) is 10.0. The van der Waals surface area contributed by atoms with E-state index in [-0.39, 0.29) is 17.5 Å². The molecular weight excluding hydrogens is 368 g/mol. The van der Waals surface area contributed by atoms with E-state index in [1.165, 1.54) is 6.20 Å². The van der Waals surface area contributed by atoms with E-state index in [9.17, 15) is 9.59 Å². The van der Waals surface area contributed by atoms with Crippen molar-refractivity contribution in [3.63, 3.8) is 0 Å². The van der Waals surface area contributed by atoms with Gasteiger partial charge >= 0.3 is 0 Å². The molecule has 1 aliphatic rings. The first-order valence-electron chi connectivity index (χ1n) is 10.0. The Labute approximate surface area is 171 Å². The van der Waals surface area contributed by atoms with E-state index in [0.29, 0.717) is 25.3 Å². The van der Waals surface area contributed by atoms with Crippen LogP contribution in [0.4, 0.5) is 11.4 Å². The molecule has 1 N–H and O–H groups in total. The molecule has 7 nitrogen and oxygen atoms in total. The Bertz CT molecular complexity index is 849. The molecule has 0 saturated carbocycles. The maximum Gasteiger partial charge on any atom is 0.274 e. The smallest absolute Gasteiger partial charge is 0.274 e. The number of aromatic nitrogens is 1. The van der Waals surface area contributed by atoms with Gasteiger partial charge in [0.15, 0.2) is 0 Å². The molecular formula is C22H28N4O3. The largest absolute Gasteiger partial charge is 0.378 e. The Kier molecular flexibility index (Phi) is 7.19. The SMILES string of the molecule is CCCCN(C)C(=O)c1ccnc(C(=O)Nc2ccccc2N2CCOCC2)c1. The molecule has 1 saturated heterocycles. The Morgan fingerprint density at radius 3 is 2.72 bits per heavy atom. The lowest BCUT2D eigenvalue weighted by molar-refractivity contribution is 0.0793. The summed E-state index contributed by atoms with van der Waals surface area (Å²) in [5, 5.41) is 2.94. The van der Waals surface area contributed by atoms with Crippen molar-refractivity contribution in [2.24, 2.45) is 0 Å². The van der Waals surface area contributed by atoms with Crippen molar-refractivity contribution in [2.45, 2.75) is 19.8 Å². The van der Waals surface area contributed by atoms with Crippen LogP contribution in [0.2, 0.25) is 0 Å². The van der Waals surface area contributed by atoms with Gasteiger partial charge in [-0.2, -0.15) is 0 Å². The van der Waals surface area contributed by atoms with Crippen molar-refractivity contribution in [3.8, 4) is 0 Å². The van der Waals surface area contributed by atoms with Gasteiger partial charge in [0, 0.05) is 38.4 Å². The normalized spacial score (nSPS) is 13.8. The zero-order chi connectivity index (χ0) is 20.6. The maximum absolute atomic E-state index is 12.8. The Hall–Kier alpha value is -2.93. The highest BCUT2D eigenvalue weighted by Crippen LogP contribution is 2.26. The van der Waals surface area contributed by atoms with Gasteiger partial charge in [0.25, 0.3) is 11.8 Å². The summed E-state index contributed by atoms with van der Waals surface area (Å²) < 4.78 is 5.42. The molecule has 1 aromatic heterocycles. The molecule has 0 atom stereocenters. The number of anilines is 2. The zero-order valence-corrected chi connectivity index (χ0v) is 17.1. The third-order valence-corrected chi connectivity index (χ3v) is 4.94. The number of amides is 2. The van der Waals surface area contributed by atoms with Gasteiger partial charge < -0.3 is 19.9 Å². The average molecular weight is 396 g/mol. The summed E-state index contributed by atoms with van der Waals surface area (Å²) in [7, 11) is 1.77. The highest BCUT2D eigenvalue weighted by Gasteiger charge is 2.18. The van der Waals surface area contributed by atoms with Crippen molar-refractivity contribution < 1.29 is 14.3 Å². The van der Waals surface area contributed by atoms with Gasteiger partial charge in [-0.1, -0.05) is 25.5 Å². The number of nitrogens with zero attached hydrogens (tertiary/aromatic N) is 3. The molecule has 0 aliphatic carbocycles. The summed E-state index contributed by atoms with van der Waals surface area (Å²) in [6, 6.07) is 10.9. The first kappa shape index (κ1) is 20.8. The minimum absolute atomic E-state index is 0.108. The van der Waals surface area contributed by atoms with E-state index in [0.717, 1.165) is 37.3 Å². The number of benzene rings is 1. The first-order valence-corrected chi connectivity index (χ1v) is 10.0. The highest BCUT2D eigenvalue weighted by molar-refractivity contribution is 6.06. The molecule has 1 fully saturated rings. The summed E-state index contributed by atoms with van der Waals surface area (Å²) in [6.07, 6.45) is 3.47. The lowest BCUT2D eigenvalue weighted by Crippen LogP contribution is -2.36. The standard InChI is InChI=1S/C22H28N4O3/c1-3-4-11-25(2)22(28)17-9-10-23-19(16-17)21(27)24-18-7-5-6-8-20(18)26-12-14-29-15-13-26/h5-10,16H,3-4,11-15H2,1-2H3,(H,24,27). The van der Waals surface area contributed by atoms with Crippen molar-refractivity contribution in [1.29, 1.82) is 0 Å². The Morgan fingerprint density at radius 1 is 1.21 bits per heavy atom. The molecule has 2 aromatic rings. The van der Waals surface area contributed by atoms with Gasteiger partial charge in [-0.15, -0.1) is 0 Å². The van der Waals surface area contributed by atoms with E-state index >= 15 is 0 Å². The molecule has 29 heavy (non-hydrogen) atoms. The fourth-order valence-corrected chi connectivity index (χ4v) is 3.25. The maximum atomic E-state index is 12.8. The summed E-state index contributed by atoms with van der Waals surface area (Å²) in [6.45, 7) is 5.66. The number of para-hydroxylation sites is 2. The molecule has 154 valence electrons. The van der Waals surface area contributed by atoms with Gasteiger partial charge in [0.05, 0.1) is 24.6 Å². The molecule has 1 aromatic carbocycles. The van der Waals surface area contributed by atoms with Crippen LogP contribution in [0.15, 0.2) is 42.6 Å². The number of rotatable bonds is 7. The van der Waals surface area contributed by atoms with Gasteiger partial charge in [-0.25, -0.2) is 0 Å². The van der Waals surface area contributed by atoms with Crippen LogP contribution in [0.3, 0.4) is 0 Å². The summed E-state index contributed by atoms with van der Waals surface area (Å²) in [5.74, 6) is -0.444. The molecule has 0 radical (unpaired) electrons. The van der Waals surface area contributed by atoms with Gasteiger partial charge in [0.2, 0.25) is 0 Å². The minimum atomic E-state index is -0.337. The number of carbonyl (C=O) groups is 2. The number of unbranched alkanes of at least 4 members (excludes halogenated alkanes) is 1. The second-order valence-corrected chi connectivity index (χ2v) is 7.08. The van der Waals surface area contributed by atoms with Crippen LogP contribution in [-0.4, -0.2) is 61.6 Å². The number of morpholine rings is 1. The quantitative estimate of drug-likeness (QED) is 0.779. The van der Waals surface area contributed by atoms with E-state index in [2.05, 4.69) is 22.1 Å². The molecule has 0 bridgehead atoms. The van der Waals surface area contributed by atoms with E-state index in [1.807, 2.05) is 24.3 Å². The van der Waals surface area contributed by atoms with Crippen LogP contribution < -0.4 is 10.2 Å². The molecule has 2 amide bonds. The zero-order valence-electron chi connectivity index (χ0n) is 17.1. The van der Waals surface area contributed by atoms with Crippen LogP contribution in [0.1, 0.15) is 40.6 Å². The minimum Gasteiger partial charge on any atom is -0.378 e. The van der Waals surface area contributed by atoms with Crippen LogP contribution in [-0.2, 0) is 4.74 Å². The lowest BCUT2D eigenvalue weighted by Gasteiger charge is -2.30. The predicted molar refractivity (Wildman–Crippen MR) is 114 cm³/mol. The molecule has 0 unspecified atom stereocenters. The van der Waals surface area contributed by atoms with Crippen LogP contribution >= 0.6 is 0 Å². The number of hydrogen-bond donors (Lipinski definition) is 1. The van der Waals surface area contributed by atoms with Crippen molar-refractivity contribution >= 4 is 23.2 Å². The Morgan fingerprint density at radius 2 is 1.97 bits per heavy atom. The molecule has 1 aliphatic heterocycles. The summed E-state index contributed by atoms with van der Waals surface area (Å²) in [5.41, 5.74) is 2.36. The number of ether oxygens (including phenoxy) is 1. The number of carbonyl (C=O) groups excluding carboxylic acids is 2. The molecule has 7 heteroatoms. The number of pyridine rings is 1. The topological polar surface area (TPSA) is 74.8 Å². The van der Waals surface area contributed by atoms with Gasteiger partial charge in [-0.05, 0) is 30.7 Å². The fourth-order valence-electron chi connectivity index (χ4n) is 3.25. The monoisotopic (exact) mass is 396 g/mol. The molecule has 3 rings (SSSR count). The van der Waals surface area contributed by atoms with Crippen molar-refractivity contribution in [3.05, 3.63) is 53.9 Å². The van der Waals surface area contributed by atoms with E-state index in [1.54, 1.807) is 24.1 Å². The van der Waals surface area contributed by atoms with Gasteiger partial charge in [-0.3, -0.25) is 14.6 Å². The second-order valence-electron chi connectivity index (χ2n) is 7.08. The van der Waals surface area contributed by atoms with E-state index in [4.69, 9.17) is 4.74 Å². The van der Waals surface area contributed by atoms with Crippen LogP contribution in [0.25, 0.3) is 0 Å². The number of hydrogen-bond acceptors (Lipinski definition) is 5. The molecule has 2 heterocycles. The Balaban J connectivity index is 1.74. The fraction of sp³-hybridized carbons (Fsp3) is 0.409. The number of nitrogens with one attached hydrogen (secondary N) is 1. The van der Waals surface area contributed by atoms with Gasteiger partial charge in [0.1, 0.15) is 5.69 Å². The van der Waals surface area contributed by atoms with Crippen LogP contribution in [0.5, 0.6) is 0 Å². The average Bonchev–Trinajstić information content (AvgIpc) is 2.78. The lowest BCUT2D eigenvalue weighted by atomic mass is 10.1. The predicted octanol–water partition coefficient (Wildman–Crippen LogP) is 3.04. The van der Waals surface area contributed by atoms with Crippen molar-refractivity contribution in [2.75, 3.05) is 50.1 Å². The highest BCUT2D eigenvalue weighted by atomic mass is 16.5. The summed E-state index contributed by atoms with van der Waals surface area (Å²) in [4.78, 5) is 33.4. The summed E-state index contributed by atoms with van der Waals surface area (Å²) >= 11 is 0.